The lowest BCUT2D eigenvalue weighted by molar-refractivity contribution is 0.449. The van der Waals surface area contributed by atoms with Crippen molar-refractivity contribution in [2.75, 3.05) is 6.54 Å². The summed E-state index contributed by atoms with van der Waals surface area (Å²) in [7, 11) is 0. The molecule has 0 saturated heterocycles. The molecule has 0 saturated carbocycles. The summed E-state index contributed by atoms with van der Waals surface area (Å²) in [5.41, 5.74) is 0.229. The van der Waals surface area contributed by atoms with E-state index in [9.17, 15) is 4.39 Å². The Morgan fingerprint density at radius 3 is 2.94 bits per heavy atom. The zero-order valence-electron chi connectivity index (χ0n) is 9.18. The lowest BCUT2D eigenvalue weighted by Gasteiger charge is -2.07. The van der Waals surface area contributed by atoms with Crippen LogP contribution in [0.4, 0.5) is 4.39 Å². The molecule has 16 heavy (non-hydrogen) atoms. The smallest absolute Gasteiger partial charge is 0.184 e. The van der Waals surface area contributed by atoms with Crippen molar-refractivity contribution in [3.05, 3.63) is 34.8 Å². The maximum Gasteiger partial charge on any atom is 0.184 e. The molecular formula is C12H13ClFNO. The first-order valence-corrected chi connectivity index (χ1v) is 5.62. The predicted octanol–water partition coefficient (Wildman–Crippen LogP) is 3.90. The second kappa shape index (κ2) is 4.44. The van der Waals surface area contributed by atoms with Gasteiger partial charge in [-0.15, -0.1) is 0 Å². The van der Waals surface area contributed by atoms with E-state index in [2.05, 4.69) is 5.32 Å². The molecule has 0 bridgehead atoms. The fourth-order valence-corrected chi connectivity index (χ4v) is 1.83. The molecule has 1 unspecified atom stereocenters. The van der Waals surface area contributed by atoms with Crippen molar-refractivity contribution >= 4 is 22.6 Å². The predicted molar refractivity (Wildman–Crippen MR) is 63.3 cm³/mol. The van der Waals surface area contributed by atoms with Crippen molar-refractivity contribution in [2.24, 2.45) is 0 Å². The van der Waals surface area contributed by atoms with Crippen molar-refractivity contribution in [3.8, 4) is 0 Å². The summed E-state index contributed by atoms with van der Waals surface area (Å²) in [5, 5.41) is 4.03. The van der Waals surface area contributed by atoms with Gasteiger partial charge in [0.2, 0.25) is 0 Å². The summed E-state index contributed by atoms with van der Waals surface area (Å²) in [4.78, 5) is 0. The second-order valence-corrected chi connectivity index (χ2v) is 4.12. The molecular weight excluding hydrogens is 229 g/mol. The molecule has 0 radical (unpaired) electrons. The third-order valence-electron chi connectivity index (χ3n) is 2.54. The number of fused-ring (bicyclic) bond motifs is 1. The number of benzene rings is 1. The number of hydrogen-bond acceptors (Lipinski definition) is 2. The van der Waals surface area contributed by atoms with Crippen molar-refractivity contribution in [1.29, 1.82) is 0 Å². The fraction of sp³-hybridized carbons (Fsp3) is 0.333. The van der Waals surface area contributed by atoms with Crippen LogP contribution in [0.3, 0.4) is 0 Å². The van der Waals surface area contributed by atoms with Crippen LogP contribution in [-0.2, 0) is 0 Å². The van der Waals surface area contributed by atoms with Gasteiger partial charge in [0.25, 0.3) is 0 Å². The molecule has 0 spiro atoms. The number of hydrogen-bond donors (Lipinski definition) is 1. The molecule has 1 heterocycles. The Morgan fingerprint density at radius 2 is 2.25 bits per heavy atom. The molecule has 0 amide bonds. The molecule has 2 nitrogen and oxygen atoms in total. The molecule has 1 aromatic carbocycles. The first-order valence-electron chi connectivity index (χ1n) is 5.24. The minimum atomic E-state index is -0.492. The zero-order chi connectivity index (χ0) is 11.7. The van der Waals surface area contributed by atoms with E-state index in [1.165, 1.54) is 6.07 Å². The summed E-state index contributed by atoms with van der Waals surface area (Å²) in [6, 6.07) is 5.20. The molecule has 0 fully saturated rings. The topological polar surface area (TPSA) is 25.2 Å². The Bertz CT molecular complexity index is 509. The van der Waals surface area contributed by atoms with E-state index in [-0.39, 0.29) is 16.6 Å². The highest BCUT2D eigenvalue weighted by Gasteiger charge is 2.14. The molecule has 1 N–H and O–H groups in total. The summed E-state index contributed by atoms with van der Waals surface area (Å²) in [6.45, 7) is 4.82. The Morgan fingerprint density at radius 1 is 1.50 bits per heavy atom. The number of furan rings is 1. The van der Waals surface area contributed by atoms with Crippen LogP contribution < -0.4 is 5.32 Å². The van der Waals surface area contributed by atoms with Gasteiger partial charge in [-0.3, -0.25) is 0 Å². The van der Waals surface area contributed by atoms with Gasteiger partial charge in [-0.1, -0.05) is 18.5 Å². The van der Waals surface area contributed by atoms with Crippen molar-refractivity contribution in [1.82, 2.24) is 5.32 Å². The SMILES string of the molecule is CCNC(C)c1cc2ccc(Cl)c(F)c2o1. The fourth-order valence-electron chi connectivity index (χ4n) is 1.69. The van der Waals surface area contributed by atoms with E-state index in [0.29, 0.717) is 0 Å². The normalized spacial score (nSPS) is 13.2. The first-order chi connectivity index (χ1) is 7.63. The Kier molecular flexibility index (Phi) is 3.17. The number of rotatable bonds is 3. The van der Waals surface area contributed by atoms with Crippen LogP contribution in [0.25, 0.3) is 11.0 Å². The Labute approximate surface area is 98.4 Å². The maximum atomic E-state index is 13.6. The lowest BCUT2D eigenvalue weighted by atomic mass is 10.2. The van der Waals surface area contributed by atoms with Crippen LogP contribution in [0.1, 0.15) is 25.6 Å². The molecule has 4 heteroatoms. The van der Waals surface area contributed by atoms with Gasteiger partial charge in [0.05, 0.1) is 11.1 Å². The highest BCUT2D eigenvalue weighted by Crippen LogP contribution is 2.29. The molecule has 1 atom stereocenters. The molecule has 0 aliphatic heterocycles. The first kappa shape index (κ1) is 11.4. The molecule has 2 aromatic rings. The van der Waals surface area contributed by atoms with E-state index in [1.54, 1.807) is 6.07 Å². The van der Waals surface area contributed by atoms with Crippen molar-refractivity contribution in [3.63, 3.8) is 0 Å². The number of halogens is 2. The highest BCUT2D eigenvalue weighted by atomic mass is 35.5. The van der Waals surface area contributed by atoms with Gasteiger partial charge < -0.3 is 9.73 Å². The summed E-state index contributed by atoms with van der Waals surface area (Å²) < 4.78 is 19.1. The van der Waals surface area contributed by atoms with Crippen molar-refractivity contribution in [2.45, 2.75) is 19.9 Å². The van der Waals surface area contributed by atoms with E-state index >= 15 is 0 Å². The molecule has 0 aliphatic carbocycles. The summed E-state index contributed by atoms with van der Waals surface area (Å²) in [5.74, 6) is 0.229. The largest absolute Gasteiger partial charge is 0.456 e. The molecule has 2 rings (SSSR count). The maximum absolute atomic E-state index is 13.6. The second-order valence-electron chi connectivity index (χ2n) is 3.71. The van der Waals surface area contributed by atoms with Crippen LogP contribution in [0.2, 0.25) is 5.02 Å². The van der Waals surface area contributed by atoms with Crippen LogP contribution in [0.15, 0.2) is 22.6 Å². The van der Waals surface area contributed by atoms with Crippen LogP contribution in [0.5, 0.6) is 0 Å². The standard InChI is InChI=1S/C12H13ClFNO/c1-3-15-7(2)10-6-8-4-5-9(13)11(14)12(8)16-10/h4-7,15H,3H2,1-2H3. The van der Waals surface area contributed by atoms with Gasteiger partial charge in [-0.2, -0.15) is 0 Å². The van der Waals surface area contributed by atoms with Gasteiger partial charge in [0.15, 0.2) is 11.4 Å². The Balaban J connectivity index is 2.48. The van der Waals surface area contributed by atoms with E-state index in [0.717, 1.165) is 17.7 Å². The Hall–Kier alpha value is -1.06. The average Bonchev–Trinajstić information content (AvgIpc) is 2.69. The quantitative estimate of drug-likeness (QED) is 0.882. The average molecular weight is 242 g/mol. The van der Waals surface area contributed by atoms with Gasteiger partial charge in [-0.05, 0) is 31.7 Å². The minimum Gasteiger partial charge on any atom is -0.456 e. The lowest BCUT2D eigenvalue weighted by Crippen LogP contribution is -2.16. The monoisotopic (exact) mass is 241 g/mol. The van der Waals surface area contributed by atoms with Gasteiger partial charge in [-0.25, -0.2) is 4.39 Å². The van der Waals surface area contributed by atoms with Crippen LogP contribution >= 0.6 is 11.6 Å². The summed E-state index contributed by atoms with van der Waals surface area (Å²) in [6.07, 6.45) is 0. The third kappa shape index (κ3) is 1.93. The highest BCUT2D eigenvalue weighted by molar-refractivity contribution is 6.31. The van der Waals surface area contributed by atoms with Crippen LogP contribution in [-0.4, -0.2) is 6.54 Å². The number of nitrogens with one attached hydrogen (secondary N) is 1. The molecule has 1 aromatic heterocycles. The summed E-state index contributed by atoms with van der Waals surface area (Å²) >= 11 is 5.69. The van der Waals surface area contributed by atoms with E-state index < -0.39 is 5.82 Å². The van der Waals surface area contributed by atoms with E-state index in [4.69, 9.17) is 16.0 Å². The zero-order valence-corrected chi connectivity index (χ0v) is 9.94. The van der Waals surface area contributed by atoms with Gasteiger partial charge in [0, 0.05) is 5.39 Å². The van der Waals surface area contributed by atoms with Gasteiger partial charge >= 0.3 is 0 Å². The third-order valence-corrected chi connectivity index (χ3v) is 2.83. The minimum absolute atomic E-state index is 0.0653. The van der Waals surface area contributed by atoms with E-state index in [1.807, 2.05) is 19.9 Å². The molecule has 0 aliphatic rings. The molecule has 86 valence electrons. The van der Waals surface area contributed by atoms with Crippen LogP contribution in [0, 0.1) is 5.82 Å². The van der Waals surface area contributed by atoms with Gasteiger partial charge in [0.1, 0.15) is 5.76 Å². The van der Waals surface area contributed by atoms with Crippen molar-refractivity contribution < 1.29 is 8.81 Å².